The lowest BCUT2D eigenvalue weighted by Crippen LogP contribution is -2.33. The number of rotatable bonds is 3. The Bertz CT molecular complexity index is 377. The summed E-state index contributed by atoms with van der Waals surface area (Å²) in [4.78, 5) is 13.4. The van der Waals surface area contributed by atoms with Crippen LogP contribution >= 0.6 is 0 Å². The van der Waals surface area contributed by atoms with Crippen LogP contribution in [0.4, 0.5) is 8.78 Å². The fraction of sp³-hybridized carbons (Fsp3) is 0.364. The fourth-order valence-corrected chi connectivity index (χ4v) is 1.15. The number of ketones is 1. The van der Waals surface area contributed by atoms with Crippen LogP contribution in [0.2, 0.25) is 0 Å². The van der Waals surface area contributed by atoms with Crippen molar-refractivity contribution in [3.05, 3.63) is 35.4 Å². The molecule has 0 aliphatic rings. The lowest BCUT2D eigenvalue weighted by atomic mass is 10.0. The number of hydrogen-bond acceptors (Lipinski definition) is 2. The number of carbonyl (C=O) groups excluding carboxylic acids is 1. The van der Waals surface area contributed by atoms with E-state index in [9.17, 15) is 13.6 Å². The Balaban J connectivity index is 3.07. The Morgan fingerprint density at radius 3 is 2.47 bits per heavy atom. The molecule has 0 spiro atoms. The van der Waals surface area contributed by atoms with Gasteiger partial charge in [0.05, 0.1) is 11.6 Å². The molecule has 0 heterocycles. The van der Waals surface area contributed by atoms with Crippen LogP contribution in [0.1, 0.15) is 17.3 Å². The number of Topliss-reactive ketones (excluding diaryl/α,β-unsaturated/α-hetero) is 1. The maximum absolute atomic E-state index is 13.3. The lowest BCUT2D eigenvalue weighted by Gasteiger charge is -2.18. The first-order valence-electron chi connectivity index (χ1n) is 4.59. The second-order valence-electron chi connectivity index (χ2n) is 3.61. The molecular weight excluding hydrogens is 200 g/mol. The van der Waals surface area contributed by atoms with E-state index in [0.29, 0.717) is 0 Å². The number of benzene rings is 1. The van der Waals surface area contributed by atoms with Crippen molar-refractivity contribution < 1.29 is 13.6 Å². The minimum absolute atomic E-state index is 0.198. The number of likely N-dealkylation sites (N-methyl/N-ethyl adjacent to an activating group) is 1. The predicted molar refractivity (Wildman–Crippen MR) is 53.8 cm³/mol. The zero-order chi connectivity index (χ0) is 11.6. The number of carbonyl (C=O) groups is 1. The van der Waals surface area contributed by atoms with Gasteiger partial charge in [-0.1, -0.05) is 6.07 Å². The first-order chi connectivity index (χ1) is 6.95. The quantitative estimate of drug-likeness (QED) is 0.716. The summed E-state index contributed by atoms with van der Waals surface area (Å²) in [5.41, 5.74) is -0.198. The number of halogens is 2. The van der Waals surface area contributed by atoms with Gasteiger partial charge in [-0.25, -0.2) is 8.78 Å². The molecule has 0 aromatic heterocycles. The van der Waals surface area contributed by atoms with Crippen LogP contribution in [-0.2, 0) is 0 Å². The van der Waals surface area contributed by atoms with Gasteiger partial charge >= 0.3 is 0 Å². The van der Waals surface area contributed by atoms with Gasteiger partial charge in [0.15, 0.2) is 17.4 Å². The third-order valence-corrected chi connectivity index (χ3v) is 2.37. The molecule has 0 fully saturated rings. The van der Waals surface area contributed by atoms with Crippen molar-refractivity contribution in [1.29, 1.82) is 0 Å². The first kappa shape index (κ1) is 11.8. The summed E-state index contributed by atoms with van der Waals surface area (Å²) in [7, 11) is 3.42. The van der Waals surface area contributed by atoms with Crippen LogP contribution in [0.15, 0.2) is 18.2 Å². The summed E-state index contributed by atoms with van der Waals surface area (Å²) in [6.07, 6.45) is 0. The van der Waals surface area contributed by atoms with E-state index in [1.54, 1.807) is 25.9 Å². The predicted octanol–water partition coefficient (Wildman–Crippen LogP) is 2.10. The first-order valence-corrected chi connectivity index (χ1v) is 4.59. The summed E-state index contributed by atoms with van der Waals surface area (Å²) in [5, 5.41) is 0. The third kappa shape index (κ3) is 2.39. The second-order valence-corrected chi connectivity index (χ2v) is 3.61. The van der Waals surface area contributed by atoms with Crippen molar-refractivity contribution in [2.75, 3.05) is 14.1 Å². The molecule has 1 unspecified atom stereocenters. The molecule has 2 nitrogen and oxygen atoms in total. The normalized spacial score (nSPS) is 12.9. The standard InChI is InChI=1S/C11H13F2NO/c1-7(14(2)3)11(15)8-5-4-6-9(12)10(8)13/h4-7H,1-3H3. The van der Waals surface area contributed by atoms with E-state index in [1.165, 1.54) is 12.1 Å². The van der Waals surface area contributed by atoms with Gasteiger partial charge in [-0.2, -0.15) is 0 Å². The molecule has 15 heavy (non-hydrogen) atoms. The molecule has 82 valence electrons. The molecular formula is C11H13F2NO. The summed E-state index contributed by atoms with van der Waals surface area (Å²) in [5.74, 6) is -2.49. The number of nitrogens with zero attached hydrogens (tertiary/aromatic N) is 1. The van der Waals surface area contributed by atoms with Crippen LogP contribution in [-0.4, -0.2) is 30.8 Å². The summed E-state index contributed by atoms with van der Waals surface area (Å²) in [6.45, 7) is 1.65. The molecule has 1 rings (SSSR count). The lowest BCUT2D eigenvalue weighted by molar-refractivity contribution is 0.0885. The molecule has 0 N–H and O–H groups in total. The highest BCUT2D eigenvalue weighted by Crippen LogP contribution is 2.14. The van der Waals surface area contributed by atoms with Crippen molar-refractivity contribution in [1.82, 2.24) is 4.90 Å². The molecule has 0 bridgehead atoms. The van der Waals surface area contributed by atoms with Gasteiger partial charge in [0.25, 0.3) is 0 Å². The van der Waals surface area contributed by atoms with Crippen LogP contribution in [0.5, 0.6) is 0 Å². The second kappa shape index (κ2) is 4.49. The van der Waals surface area contributed by atoms with Gasteiger partial charge in [-0.3, -0.25) is 9.69 Å². The Morgan fingerprint density at radius 1 is 1.33 bits per heavy atom. The zero-order valence-corrected chi connectivity index (χ0v) is 8.92. The van der Waals surface area contributed by atoms with Crippen LogP contribution in [0.25, 0.3) is 0 Å². The molecule has 0 amide bonds. The molecule has 0 saturated carbocycles. The van der Waals surface area contributed by atoms with Crippen LogP contribution in [0, 0.1) is 11.6 Å². The van der Waals surface area contributed by atoms with Gasteiger partial charge in [-0.15, -0.1) is 0 Å². The number of hydrogen-bond donors (Lipinski definition) is 0. The SMILES string of the molecule is CC(C(=O)c1cccc(F)c1F)N(C)C. The van der Waals surface area contributed by atoms with Gasteiger partial charge in [0, 0.05) is 0 Å². The van der Waals surface area contributed by atoms with E-state index in [-0.39, 0.29) is 5.56 Å². The van der Waals surface area contributed by atoms with Gasteiger partial charge in [0.1, 0.15) is 0 Å². The monoisotopic (exact) mass is 213 g/mol. The van der Waals surface area contributed by atoms with Crippen molar-refractivity contribution in [3.8, 4) is 0 Å². The van der Waals surface area contributed by atoms with Crippen LogP contribution < -0.4 is 0 Å². The average Bonchev–Trinajstić information content (AvgIpc) is 2.20. The summed E-state index contributed by atoms with van der Waals surface area (Å²) < 4.78 is 26.1. The molecule has 1 atom stereocenters. The molecule has 1 aromatic carbocycles. The van der Waals surface area contributed by atoms with Crippen LogP contribution in [0.3, 0.4) is 0 Å². The van der Waals surface area contributed by atoms with Crippen molar-refractivity contribution in [3.63, 3.8) is 0 Å². The van der Waals surface area contributed by atoms with E-state index in [2.05, 4.69) is 0 Å². The molecule has 4 heteroatoms. The Kier molecular flexibility index (Phi) is 3.52. The highest BCUT2D eigenvalue weighted by atomic mass is 19.2. The fourth-order valence-electron chi connectivity index (χ4n) is 1.15. The topological polar surface area (TPSA) is 20.3 Å². The third-order valence-electron chi connectivity index (χ3n) is 2.37. The van der Waals surface area contributed by atoms with E-state index in [0.717, 1.165) is 6.07 Å². The minimum Gasteiger partial charge on any atom is -0.300 e. The largest absolute Gasteiger partial charge is 0.300 e. The average molecular weight is 213 g/mol. The van der Waals surface area contributed by atoms with Crippen molar-refractivity contribution in [2.45, 2.75) is 13.0 Å². The maximum Gasteiger partial charge on any atom is 0.182 e. The summed E-state index contributed by atoms with van der Waals surface area (Å²) >= 11 is 0. The Morgan fingerprint density at radius 2 is 1.93 bits per heavy atom. The van der Waals surface area contributed by atoms with E-state index < -0.39 is 23.5 Å². The summed E-state index contributed by atoms with van der Waals surface area (Å²) in [6, 6.07) is 3.14. The molecule has 0 aliphatic heterocycles. The highest BCUT2D eigenvalue weighted by molar-refractivity contribution is 6.00. The van der Waals surface area contributed by atoms with Crippen molar-refractivity contribution in [2.24, 2.45) is 0 Å². The van der Waals surface area contributed by atoms with E-state index >= 15 is 0 Å². The smallest absolute Gasteiger partial charge is 0.182 e. The Labute approximate surface area is 87.5 Å². The van der Waals surface area contributed by atoms with E-state index in [1.807, 2.05) is 0 Å². The highest BCUT2D eigenvalue weighted by Gasteiger charge is 2.21. The molecule has 0 radical (unpaired) electrons. The Hall–Kier alpha value is -1.29. The van der Waals surface area contributed by atoms with Crippen molar-refractivity contribution >= 4 is 5.78 Å². The maximum atomic E-state index is 13.3. The van der Waals surface area contributed by atoms with Gasteiger partial charge in [0.2, 0.25) is 0 Å². The van der Waals surface area contributed by atoms with Gasteiger partial charge in [-0.05, 0) is 33.2 Å². The minimum atomic E-state index is -1.07. The molecule has 0 aliphatic carbocycles. The molecule has 0 saturated heterocycles. The molecule has 1 aromatic rings. The van der Waals surface area contributed by atoms with E-state index in [4.69, 9.17) is 0 Å². The zero-order valence-electron chi connectivity index (χ0n) is 8.92. The van der Waals surface area contributed by atoms with Gasteiger partial charge < -0.3 is 0 Å².